The van der Waals surface area contributed by atoms with E-state index in [1.54, 1.807) is 0 Å². The van der Waals surface area contributed by atoms with Crippen LogP contribution in [0.3, 0.4) is 0 Å². The van der Waals surface area contributed by atoms with E-state index in [0.29, 0.717) is 13.2 Å². The van der Waals surface area contributed by atoms with Gasteiger partial charge in [-0.15, -0.1) is 0 Å². The second kappa shape index (κ2) is 2.44. The average molecular weight is 139 g/mol. The third kappa shape index (κ3) is 0.936. The molecule has 1 saturated heterocycles. The number of aromatic nitrogens is 1. The van der Waals surface area contributed by atoms with Crippen molar-refractivity contribution in [3.8, 4) is 0 Å². The van der Waals surface area contributed by atoms with Gasteiger partial charge in [-0.05, 0) is 12.1 Å². The molecular formula is C7H9NO2. The average Bonchev–Trinajstić information content (AvgIpc) is 2.59. The van der Waals surface area contributed by atoms with Crippen LogP contribution in [0.1, 0.15) is 12.0 Å². The van der Waals surface area contributed by atoms with E-state index in [-0.39, 0.29) is 6.29 Å². The van der Waals surface area contributed by atoms with Gasteiger partial charge >= 0.3 is 0 Å². The standard InChI is InChI=1S/C7H9NO2/c1-2-6(8-3-1)7-9-4-5-10-7/h1-3,7-8H,4-5H2. The van der Waals surface area contributed by atoms with E-state index in [4.69, 9.17) is 9.47 Å². The zero-order valence-electron chi connectivity index (χ0n) is 5.54. The Labute approximate surface area is 59.0 Å². The van der Waals surface area contributed by atoms with Crippen LogP contribution in [0.2, 0.25) is 0 Å². The summed E-state index contributed by atoms with van der Waals surface area (Å²) in [6, 6.07) is 3.89. The molecule has 1 aromatic heterocycles. The van der Waals surface area contributed by atoms with Gasteiger partial charge in [0.15, 0.2) is 6.29 Å². The molecule has 0 aliphatic carbocycles. The minimum atomic E-state index is -0.157. The van der Waals surface area contributed by atoms with Crippen LogP contribution in [0.15, 0.2) is 18.3 Å². The molecule has 1 fully saturated rings. The molecule has 1 aromatic rings. The summed E-state index contributed by atoms with van der Waals surface area (Å²) in [7, 11) is 0. The molecule has 0 bridgehead atoms. The summed E-state index contributed by atoms with van der Waals surface area (Å²) < 4.78 is 10.5. The van der Waals surface area contributed by atoms with Crippen molar-refractivity contribution in [2.24, 2.45) is 0 Å². The van der Waals surface area contributed by atoms with Gasteiger partial charge in [0.05, 0.1) is 18.9 Å². The van der Waals surface area contributed by atoms with Gasteiger partial charge in [-0.2, -0.15) is 0 Å². The number of hydrogen-bond donors (Lipinski definition) is 1. The van der Waals surface area contributed by atoms with Crippen LogP contribution in [-0.2, 0) is 9.47 Å². The second-order valence-corrected chi connectivity index (χ2v) is 2.20. The first-order valence-electron chi connectivity index (χ1n) is 3.33. The van der Waals surface area contributed by atoms with E-state index in [9.17, 15) is 0 Å². The number of rotatable bonds is 1. The summed E-state index contributed by atoms with van der Waals surface area (Å²) in [4.78, 5) is 3.03. The molecule has 0 atom stereocenters. The van der Waals surface area contributed by atoms with Crippen LogP contribution in [-0.4, -0.2) is 18.2 Å². The number of hydrogen-bond acceptors (Lipinski definition) is 2. The number of aromatic amines is 1. The highest BCUT2D eigenvalue weighted by Gasteiger charge is 2.17. The summed E-state index contributed by atoms with van der Waals surface area (Å²) in [6.45, 7) is 1.40. The molecule has 3 heteroatoms. The first-order chi connectivity index (χ1) is 4.97. The Morgan fingerprint density at radius 3 is 2.80 bits per heavy atom. The fourth-order valence-corrected chi connectivity index (χ4v) is 1.03. The van der Waals surface area contributed by atoms with Crippen molar-refractivity contribution in [2.75, 3.05) is 13.2 Å². The number of H-pyrrole nitrogens is 1. The minimum Gasteiger partial charge on any atom is -0.361 e. The summed E-state index contributed by atoms with van der Waals surface area (Å²) in [5.41, 5.74) is 0.998. The third-order valence-corrected chi connectivity index (χ3v) is 1.50. The predicted octanol–water partition coefficient (Wildman–Crippen LogP) is 1.06. The first kappa shape index (κ1) is 5.95. The fraction of sp³-hybridized carbons (Fsp3) is 0.429. The maximum absolute atomic E-state index is 5.24. The molecule has 0 spiro atoms. The molecule has 1 N–H and O–H groups in total. The quantitative estimate of drug-likeness (QED) is 0.631. The molecule has 0 amide bonds. The van der Waals surface area contributed by atoms with Crippen LogP contribution >= 0.6 is 0 Å². The molecule has 1 aliphatic heterocycles. The van der Waals surface area contributed by atoms with Gasteiger partial charge < -0.3 is 14.5 Å². The van der Waals surface area contributed by atoms with Gasteiger partial charge in [-0.3, -0.25) is 0 Å². The second-order valence-electron chi connectivity index (χ2n) is 2.20. The summed E-state index contributed by atoms with van der Waals surface area (Å²) >= 11 is 0. The maximum Gasteiger partial charge on any atom is 0.199 e. The highest BCUT2D eigenvalue weighted by atomic mass is 16.7. The molecule has 0 aromatic carbocycles. The molecule has 2 heterocycles. The fourth-order valence-electron chi connectivity index (χ4n) is 1.03. The van der Waals surface area contributed by atoms with E-state index in [0.717, 1.165) is 5.69 Å². The smallest absolute Gasteiger partial charge is 0.199 e. The van der Waals surface area contributed by atoms with Gasteiger partial charge in [-0.1, -0.05) is 0 Å². The van der Waals surface area contributed by atoms with E-state index >= 15 is 0 Å². The molecule has 0 saturated carbocycles. The van der Waals surface area contributed by atoms with Gasteiger partial charge in [0.25, 0.3) is 0 Å². The first-order valence-corrected chi connectivity index (χ1v) is 3.33. The van der Waals surface area contributed by atoms with E-state index in [1.807, 2.05) is 18.3 Å². The molecule has 3 nitrogen and oxygen atoms in total. The van der Waals surface area contributed by atoms with Crippen molar-refractivity contribution < 1.29 is 9.47 Å². The molecule has 10 heavy (non-hydrogen) atoms. The lowest BCUT2D eigenvalue weighted by molar-refractivity contribution is -0.0469. The topological polar surface area (TPSA) is 34.2 Å². The lowest BCUT2D eigenvalue weighted by Gasteiger charge is -2.04. The Balaban J connectivity index is 2.12. The molecular weight excluding hydrogens is 130 g/mol. The van der Waals surface area contributed by atoms with Crippen LogP contribution in [0.4, 0.5) is 0 Å². The normalized spacial score (nSPS) is 20.0. The van der Waals surface area contributed by atoms with Crippen LogP contribution in [0.5, 0.6) is 0 Å². The van der Waals surface area contributed by atoms with Crippen molar-refractivity contribution in [3.63, 3.8) is 0 Å². The summed E-state index contributed by atoms with van der Waals surface area (Å²) in [5, 5.41) is 0. The van der Waals surface area contributed by atoms with Gasteiger partial charge in [0.2, 0.25) is 0 Å². The van der Waals surface area contributed by atoms with Crippen LogP contribution < -0.4 is 0 Å². The maximum atomic E-state index is 5.24. The van der Waals surface area contributed by atoms with Crippen molar-refractivity contribution in [3.05, 3.63) is 24.0 Å². The van der Waals surface area contributed by atoms with E-state index < -0.39 is 0 Å². The van der Waals surface area contributed by atoms with E-state index in [1.165, 1.54) is 0 Å². The Bertz CT molecular complexity index is 189. The largest absolute Gasteiger partial charge is 0.361 e. The van der Waals surface area contributed by atoms with Crippen LogP contribution in [0, 0.1) is 0 Å². The predicted molar refractivity (Wildman–Crippen MR) is 35.4 cm³/mol. The van der Waals surface area contributed by atoms with Gasteiger partial charge in [-0.25, -0.2) is 0 Å². The lowest BCUT2D eigenvalue weighted by atomic mass is 10.4. The Kier molecular flexibility index (Phi) is 1.45. The number of ether oxygens (including phenoxy) is 2. The summed E-state index contributed by atoms with van der Waals surface area (Å²) in [6.07, 6.45) is 1.70. The van der Waals surface area contributed by atoms with Crippen LogP contribution in [0.25, 0.3) is 0 Å². The Morgan fingerprint density at radius 2 is 2.20 bits per heavy atom. The monoisotopic (exact) mass is 139 g/mol. The van der Waals surface area contributed by atoms with Gasteiger partial charge in [0, 0.05) is 6.20 Å². The Hall–Kier alpha value is -0.800. The van der Waals surface area contributed by atoms with Gasteiger partial charge in [0.1, 0.15) is 0 Å². The zero-order chi connectivity index (χ0) is 6.81. The third-order valence-electron chi connectivity index (χ3n) is 1.50. The van der Waals surface area contributed by atoms with Crippen molar-refractivity contribution in [2.45, 2.75) is 6.29 Å². The lowest BCUT2D eigenvalue weighted by Crippen LogP contribution is -1.97. The SMILES string of the molecule is c1c[nH]c(C2OCCO2)c1. The molecule has 0 unspecified atom stereocenters. The Morgan fingerprint density at radius 1 is 1.40 bits per heavy atom. The van der Waals surface area contributed by atoms with Crippen molar-refractivity contribution in [1.82, 2.24) is 4.98 Å². The highest BCUT2D eigenvalue weighted by Crippen LogP contribution is 2.20. The molecule has 1 aliphatic rings. The van der Waals surface area contributed by atoms with E-state index in [2.05, 4.69) is 4.98 Å². The zero-order valence-corrected chi connectivity index (χ0v) is 5.54. The number of nitrogens with one attached hydrogen (secondary N) is 1. The molecule has 54 valence electrons. The molecule has 0 radical (unpaired) electrons. The molecule has 2 rings (SSSR count). The summed E-state index contributed by atoms with van der Waals surface area (Å²) in [5.74, 6) is 0. The minimum absolute atomic E-state index is 0.157. The van der Waals surface area contributed by atoms with Crippen molar-refractivity contribution in [1.29, 1.82) is 0 Å². The van der Waals surface area contributed by atoms with Crippen molar-refractivity contribution >= 4 is 0 Å². The highest BCUT2D eigenvalue weighted by molar-refractivity contribution is 5.05.